The number of hydrogen-bond donors (Lipinski definition) is 2. The van der Waals surface area contributed by atoms with Crippen LogP contribution in [0.15, 0.2) is 57.9 Å². The monoisotopic (exact) mass is 410 g/mol. The maximum atomic E-state index is 12.1. The van der Waals surface area contributed by atoms with Crippen molar-refractivity contribution in [1.29, 1.82) is 0 Å². The number of carbonyl (C=O) groups is 1. The molecule has 7 heteroatoms. The lowest BCUT2D eigenvalue weighted by Gasteiger charge is -2.08. The lowest BCUT2D eigenvalue weighted by Crippen LogP contribution is -2.27. The third kappa shape index (κ3) is 5.43. The Balaban J connectivity index is 1.84. The molecule has 0 radical (unpaired) electrons. The molecule has 2 aromatic carbocycles. The topological polar surface area (TPSA) is 75.3 Å². The van der Waals surface area contributed by atoms with Crippen molar-refractivity contribution in [3.05, 3.63) is 58.6 Å². The van der Waals surface area contributed by atoms with Gasteiger partial charge in [-0.25, -0.2) is 13.1 Å². The second kappa shape index (κ2) is 8.41. The normalized spacial score (nSPS) is 11.2. The molecule has 0 saturated carbocycles. The van der Waals surface area contributed by atoms with Crippen molar-refractivity contribution in [2.75, 3.05) is 11.9 Å². The Bertz CT molecular complexity index is 788. The van der Waals surface area contributed by atoms with Crippen LogP contribution in [0.4, 0.5) is 5.69 Å². The van der Waals surface area contributed by atoms with E-state index in [4.69, 9.17) is 0 Å². The zero-order chi connectivity index (χ0) is 17.6. The second-order valence-electron chi connectivity index (χ2n) is 5.20. The van der Waals surface area contributed by atoms with Gasteiger partial charge in [0, 0.05) is 23.1 Å². The van der Waals surface area contributed by atoms with Gasteiger partial charge >= 0.3 is 0 Å². The largest absolute Gasteiger partial charge is 0.326 e. The molecule has 2 aromatic rings. The van der Waals surface area contributed by atoms with Crippen LogP contribution in [0.3, 0.4) is 0 Å². The number of rotatable bonds is 7. The van der Waals surface area contributed by atoms with Crippen LogP contribution in [0.5, 0.6) is 0 Å². The number of sulfonamides is 1. The second-order valence-corrected chi connectivity index (χ2v) is 7.88. The summed E-state index contributed by atoms with van der Waals surface area (Å²) in [7, 11) is -3.61. The zero-order valence-corrected chi connectivity index (χ0v) is 15.7. The lowest BCUT2D eigenvalue weighted by atomic mass is 10.1. The van der Waals surface area contributed by atoms with Crippen LogP contribution < -0.4 is 10.0 Å². The van der Waals surface area contributed by atoms with Crippen LogP contribution in [0.2, 0.25) is 0 Å². The van der Waals surface area contributed by atoms with Crippen molar-refractivity contribution in [2.24, 2.45) is 0 Å². The lowest BCUT2D eigenvalue weighted by molar-refractivity contribution is -0.116. The Morgan fingerprint density at radius 3 is 2.25 bits per heavy atom. The standard InChI is InChI=1S/C17H19BrN2O3S/c1-2-13-3-7-15(8-4-13)20-17(21)11-12-19-24(22,23)16-9-5-14(18)6-10-16/h3-10,19H,2,11-12H2,1H3,(H,20,21). The molecule has 128 valence electrons. The number of benzene rings is 2. The van der Waals surface area contributed by atoms with Gasteiger partial charge in [0.15, 0.2) is 0 Å². The van der Waals surface area contributed by atoms with Crippen LogP contribution in [0, 0.1) is 0 Å². The molecule has 0 bridgehead atoms. The summed E-state index contributed by atoms with van der Waals surface area (Å²) in [5.41, 5.74) is 1.89. The van der Waals surface area contributed by atoms with E-state index in [2.05, 4.69) is 32.9 Å². The Labute approximate surface area is 150 Å². The van der Waals surface area contributed by atoms with E-state index in [1.807, 2.05) is 24.3 Å². The summed E-state index contributed by atoms with van der Waals surface area (Å²) in [6.45, 7) is 2.10. The molecule has 0 fully saturated rings. The Morgan fingerprint density at radius 2 is 1.67 bits per heavy atom. The van der Waals surface area contributed by atoms with E-state index < -0.39 is 10.0 Å². The summed E-state index contributed by atoms with van der Waals surface area (Å²) in [6, 6.07) is 13.9. The molecule has 0 aliphatic rings. The summed E-state index contributed by atoms with van der Waals surface area (Å²) in [4.78, 5) is 12.0. The number of halogens is 1. The summed E-state index contributed by atoms with van der Waals surface area (Å²) >= 11 is 3.26. The molecule has 0 aliphatic heterocycles. The molecule has 0 saturated heterocycles. The van der Waals surface area contributed by atoms with Gasteiger partial charge in [-0.15, -0.1) is 0 Å². The van der Waals surface area contributed by atoms with Gasteiger partial charge in [-0.2, -0.15) is 0 Å². The highest BCUT2D eigenvalue weighted by atomic mass is 79.9. The maximum absolute atomic E-state index is 12.1. The van der Waals surface area contributed by atoms with E-state index in [0.29, 0.717) is 5.69 Å². The number of carbonyl (C=O) groups excluding carboxylic acids is 1. The van der Waals surface area contributed by atoms with E-state index in [1.165, 1.54) is 17.7 Å². The number of anilines is 1. The SMILES string of the molecule is CCc1ccc(NC(=O)CCNS(=O)(=O)c2ccc(Br)cc2)cc1. The van der Waals surface area contributed by atoms with Crippen LogP contribution in [0.1, 0.15) is 18.9 Å². The minimum Gasteiger partial charge on any atom is -0.326 e. The average molecular weight is 411 g/mol. The van der Waals surface area contributed by atoms with Crippen molar-refractivity contribution in [2.45, 2.75) is 24.7 Å². The van der Waals surface area contributed by atoms with Crippen molar-refractivity contribution < 1.29 is 13.2 Å². The van der Waals surface area contributed by atoms with Gasteiger partial charge in [-0.05, 0) is 48.4 Å². The third-order valence-electron chi connectivity index (χ3n) is 3.41. The predicted molar refractivity (Wildman–Crippen MR) is 98.4 cm³/mol. The number of nitrogens with one attached hydrogen (secondary N) is 2. The first kappa shape index (κ1) is 18.6. The van der Waals surface area contributed by atoms with Gasteiger partial charge < -0.3 is 5.32 Å². The molecule has 24 heavy (non-hydrogen) atoms. The molecule has 0 spiro atoms. The first-order valence-corrected chi connectivity index (χ1v) is 9.82. The highest BCUT2D eigenvalue weighted by Crippen LogP contribution is 2.14. The fraction of sp³-hybridized carbons (Fsp3) is 0.235. The fourth-order valence-corrected chi connectivity index (χ4v) is 3.34. The molecule has 2 rings (SSSR count). The summed E-state index contributed by atoms with van der Waals surface area (Å²) in [6.07, 6.45) is 0.997. The van der Waals surface area contributed by atoms with Gasteiger partial charge in [0.1, 0.15) is 0 Å². The minimum atomic E-state index is -3.61. The fourth-order valence-electron chi connectivity index (χ4n) is 2.04. The molecule has 1 amide bonds. The van der Waals surface area contributed by atoms with Crippen molar-refractivity contribution in [3.63, 3.8) is 0 Å². The summed E-state index contributed by atoms with van der Waals surface area (Å²) < 4.78 is 27.4. The van der Waals surface area contributed by atoms with Crippen molar-refractivity contribution in [3.8, 4) is 0 Å². The molecule has 5 nitrogen and oxygen atoms in total. The number of aryl methyl sites for hydroxylation is 1. The van der Waals surface area contributed by atoms with E-state index in [0.717, 1.165) is 10.9 Å². The van der Waals surface area contributed by atoms with E-state index in [9.17, 15) is 13.2 Å². The molecular weight excluding hydrogens is 392 g/mol. The molecular formula is C17H19BrN2O3S. The quantitative estimate of drug-likeness (QED) is 0.734. The molecule has 0 unspecified atom stereocenters. The highest BCUT2D eigenvalue weighted by molar-refractivity contribution is 9.10. The molecule has 0 heterocycles. The van der Waals surface area contributed by atoms with Crippen LogP contribution in [-0.4, -0.2) is 20.9 Å². The van der Waals surface area contributed by atoms with Crippen LogP contribution in [0.25, 0.3) is 0 Å². The summed E-state index contributed by atoms with van der Waals surface area (Å²) in [5, 5.41) is 2.75. The van der Waals surface area contributed by atoms with Gasteiger partial charge in [-0.1, -0.05) is 35.0 Å². The van der Waals surface area contributed by atoms with Gasteiger partial charge in [0.05, 0.1) is 4.90 Å². The van der Waals surface area contributed by atoms with Crippen LogP contribution >= 0.6 is 15.9 Å². The molecule has 0 atom stereocenters. The van der Waals surface area contributed by atoms with E-state index in [1.54, 1.807) is 12.1 Å². The highest BCUT2D eigenvalue weighted by Gasteiger charge is 2.14. The molecule has 0 aromatic heterocycles. The van der Waals surface area contributed by atoms with Gasteiger partial charge in [0.2, 0.25) is 15.9 Å². The smallest absolute Gasteiger partial charge is 0.240 e. The van der Waals surface area contributed by atoms with Crippen molar-refractivity contribution >= 4 is 37.5 Å². The first-order valence-electron chi connectivity index (χ1n) is 7.55. The first-order chi connectivity index (χ1) is 11.4. The predicted octanol–water partition coefficient (Wildman–Crippen LogP) is 3.32. The Kier molecular flexibility index (Phi) is 6.53. The van der Waals surface area contributed by atoms with Crippen molar-refractivity contribution in [1.82, 2.24) is 4.72 Å². The maximum Gasteiger partial charge on any atom is 0.240 e. The Hall–Kier alpha value is -1.70. The molecule has 0 aliphatic carbocycles. The average Bonchev–Trinajstić information content (AvgIpc) is 2.56. The van der Waals surface area contributed by atoms with E-state index in [-0.39, 0.29) is 23.8 Å². The summed E-state index contributed by atoms with van der Waals surface area (Å²) in [5.74, 6) is -0.238. The third-order valence-corrected chi connectivity index (χ3v) is 5.42. The van der Waals surface area contributed by atoms with Gasteiger partial charge in [0.25, 0.3) is 0 Å². The molecule has 2 N–H and O–H groups in total. The minimum absolute atomic E-state index is 0.0390. The number of hydrogen-bond acceptors (Lipinski definition) is 3. The number of amides is 1. The zero-order valence-electron chi connectivity index (χ0n) is 13.3. The van der Waals surface area contributed by atoms with Crippen LogP contribution in [-0.2, 0) is 21.2 Å². The van der Waals surface area contributed by atoms with Gasteiger partial charge in [-0.3, -0.25) is 4.79 Å². The van der Waals surface area contributed by atoms with E-state index >= 15 is 0 Å². The Morgan fingerprint density at radius 1 is 1.04 bits per heavy atom.